The summed E-state index contributed by atoms with van der Waals surface area (Å²) in [5, 5.41) is 3.27. The minimum atomic E-state index is 0.132. The number of ether oxygens (including phenoxy) is 2. The Kier molecular flexibility index (Phi) is 4.77. The zero-order valence-electron chi connectivity index (χ0n) is 12.3. The van der Waals surface area contributed by atoms with Crippen LogP contribution in [-0.2, 0) is 11.2 Å². The van der Waals surface area contributed by atoms with E-state index >= 15 is 0 Å². The quantitative estimate of drug-likeness (QED) is 0.854. The zero-order chi connectivity index (χ0) is 13.8. The molecule has 3 atom stereocenters. The van der Waals surface area contributed by atoms with Gasteiger partial charge in [-0.3, -0.25) is 4.98 Å². The highest BCUT2D eigenvalue weighted by molar-refractivity contribution is 5.30. The van der Waals surface area contributed by atoms with Crippen LogP contribution >= 0.6 is 0 Å². The van der Waals surface area contributed by atoms with Crippen molar-refractivity contribution in [1.29, 1.82) is 0 Å². The average molecular weight is 264 g/mol. The normalized spacial score (nSPS) is 26.0. The lowest BCUT2D eigenvalue weighted by molar-refractivity contribution is -0.103. The summed E-state index contributed by atoms with van der Waals surface area (Å²) in [6.07, 6.45) is 2.14. The second-order valence-electron chi connectivity index (χ2n) is 4.96. The van der Waals surface area contributed by atoms with E-state index in [1.807, 2.05) is 33.0 Å². The standard InChI is InChI=1S/C15H24N2O2/c1-5-11-13(8-7-10(3)17-11)19-14-9-12(16-4)15(14)18-6-2/h7-8,12,14-16H,5-6,9H2,1-4H3. The lowest BCUT2D eigenvalue weighted by Gasteiger charge is -2.43. The van der Waals surface area contributed by atoms with Crippen LogP contribution in [0, 0.1) is 6.92 Å². The van der Waals surface area contributed by atoms with Gasteiger partial charge in [-0.2, -0.15) is 0 Å². The predicted octanol–water partition coefficient (Wildman–Crippen LogP) is 2.10. The van der Waals surface area contributed by atoms with E-state index in [1.165, 1.54) is 0 Å². The fourth-order valence-corrected chi connectivity index (χ4v) is 2.52. The van der Waals surface area contributed by atoms with Crippen molar-refractivity contribution in [3.8, 4) is 5.75 Å². The van der Waals surface area contributed by atoms with Crippen LogP contribution in [0.25, 0.3) is 0 Å². The maximum atomic E-state index is 6.10. The van der Waals surface area contributed by atoms with Crippen molar-refractivity contribution in [3.05, 3.63) is 23.5 Å². The molecule has 0 aliphatic heterocycles. The number of nitrogens with zero attached hydrogens (tertiary/aromatic N) is 1. The van der Waals surface area contributed by atoms with Crippen LogP contribution in [0.15, 0.2) is 12.1 Å². The highest BCUT2D eigenvalue weighted by atomic mass is 16.5. The van der Waals surface area contributed by atoms with Gasteiger partial charge in [0.1, 0.15) is 18.0 Å². The number of likely N-dealkylation sites (N-methyl/N-ethyl adjacent to an activating group) is 1. The summed E-state index contributed by atoms with van der Waals surface area (Å²) in [6.45, 7) is 6.85. The summed E-state index contributed by atoms with van der Waals surface area (Å²) in [4.78, 5) is 4.53. The fourth-order valence-electron chi connectivity index (χ4n) is 2.52. The molecule has 0 aromatic carbocycles. The number of aromatic nitrogens is 1. The molecule has 1 aliphatic carbocycles. The predicted molar refractivity (Wildman–Crippen MR) is 75.6 cm³/mol. The molecule has 1 aromatic heterocycles. The van der Waals surface area contributed by atoms with Crippen LogP contribution in [0.4, 0.5) is 0 Å². The van der Waals surface area contributed by atoms with Crippen molar-refractivity contribution in [2.75, 3.05) is 13.7 Å². The summed E-state index contributed by atoms with van der Waals surface area (Å²) >= 11 is 0. The molecule has 106 valence electrons. The number of aryl methyl sites for hydroxylation is 2. The van der Waals surface area contributed by atoms with E-state index in [0.29, 0.717) is 6.04 Å². The fraction of sp³-hybridized carbons (Fsp3) is 0.667. The highest BCUT2D eigenvalue weighted by Crippen LogP contribution is 2.30. The van der Waals surface area contributed by atoms with E-state index < -0.39 is 0 Å². The summed E-state index contributed by atoms with van der Waals surface area (Å²) in [6, 6.07) is 4.42. The molecule has 0 bridgehead atoms. The lowest BCUT2D eigenvalue weighted by atomic mass is 9.85. The molecule has 1 saturated carbocycles. The van der Waals surface area contributed by atoms with Crippen molar-refractivity contribution < 1.29 is 9.47 Å². The first kappa shape index (κ1) is 14.3. The largest absolute Gasteiger partial charge is 0.486 e. The summed E-state index contributed by atoms with van der Waals surface area (Å²) in [7, 11) is 1.97. The van der Waals surface area contributed by atoms with Gasteiger partial charge < -0.3 is 14.8 Å². The Morgan fingerprint density at radius 2 is 2.16 bits per heavy atom. The first-order valence-corrected chi connectivity index (χ1v) is 7.11. The van der Waals surface area contributed by atoms with Crippen LogP contribution < -0.4 is 10.1 Å². The van der Waals surface area contributed by atoms with Gasteiger partial charge in [0.25, 0.3) is 0 Å². The Labute approximate surface area is 115 Å². The van der Waals surface area contributed by atoms with Gasteiger partial charge in [0, 0.05) is 24.8 Å². The van der Waals surface area contributed by atoms with Crippen molar-refractivity contribution in [1.82, 2.24) is 10.3 Å². The SMILES string of the molecule is CCOC1C(NC)CC1Oc1ccc(C)nc1CC. The Balaban J connectivity index is 2.05. The van der Waals surface area contributed by atoms with E-state index in [4.69, 9.17) is 9.47 Å². The maximum Gasteiger partial charge on any atom is 0.141 e. The van der Waals surface area contributed by atoms with Gasteiger partial charge in [-0.15, -0.1) is 0 Å². The van der Waals surface area contributed by atoms with Gasteiger partial charge in [-0.05, 0) is 39.4 Å². The second kappa shape index (κ2) is 6.35. The van der Waals surface area contributed by atoms with Crippen LogP contribution in [-0.4, -0.2) is 36.9 Å². The third-order valence-electron chi connectivity index (χ3n) is 3.66. The molecule has 1 aromatic rings. The first-order chi connectivity index (χ1) is 9.19. The number of rotatable bonds is 6. The maximum absolute atomic E-state index is 6.10. The van der Waals surface area contributed by atoms with E-state index in [9.17, 15) is 0 Å². The molecule has 1 aliphatic rings. The Morgan fingerprint density at radius 3 is 2.79 bits per heavy atom. The summed E-state index contributed by atoms with van der Waals surface area (Å²) in [5.41, 5.74) is 2.07. The lowest BCUT2D eigenvalue weighted by Crippen LogP contribution is -2.60. The molecule has 2 rings (SSSR count). The van der Waals surface area contributed by atoms with Crippen LogP contribution in [0.2, 0.25) is 0 Å². The molecule has 3 unspecified atom stereocenters. The molecule has 0 saturated heterocycles. The Bertz CT molecular complexity index is 423. The molecule has 1 fully saturated rings. The van der Waals surface area contributed by atoms with E-state index in [-0.39, 0.29) is 12.2 Å². The van der Waals surface area contributed by atoms with Crippen LogP contribution in [0.1, 0.15) is 31.7 Å². The van der Waals surface area contributed by atoms with Crippen molar-refractivity contribution in [3.63, 3.8) is 0 Å². The molecule has 0 spiro atoms. The number of pyridine rings is 1. The smallest absolute Gasteiger partial charge is 0.141 e. The van der Waals surface area contributed by atoms with Crippen molar-refractivity contribution in [2.24, 2.45) is 0 Å². The van der Waals surface area contributed by atoms with Crippen molar-refractivity contribution >= 4 is 0 Å². The summed E-state index contributed by atoms with van der Waals surface area (Å²) in [5.74, 6) is 0.900. The van der Waals surface area contributed by atoms with E-state index in [2.05, 4.69) is 17.2 Å². The highest BCUT2D eigenvalue weighted by Gasteiger charge is 2.43. The topological polar surface area (TPSA) is 43.4 Å². The second-order valence-corrected chi connectivity index (χ2v) is 4.96. The monoisotopic (exact) mass is 264 g/mol. The molecule has 0 amide bonds. The van der Waals surface area contributed by atoms with Gasteiger partial charge >= 0.3 is 0 Å². The molecule has 1 heterocycles. The molecule has 0 radical (unpaired) electrons. The molecule has 4 nitrogen and oxygen atoms in total. The van der Waals surface area contributed by atoms with Gasteiger partial charge in [0.05, 0.1) is 5.69 Å². The van der Waals surface area contributed by atoms with Gasteiger partial charge in [0.15, 0.2) is 0 Å². The van der Waals surface area contributed by atoms with Gasteiger partial charge in [-0.1, -0.05) is 6.92 Å². The minimum Gasteiger partial charge on any atom is -0.486 e. The van der Waals surface area contributed by atoms with E-state index in [1.54, 1.807) is 0 Å². The summed E-state index contributed by atoms with van der Waals surface area (Å²) < 4.78 is 11.9. The molecule has 1 N–H and O–H groups in total. The molecular formula is C15H24N2O2. The molecule has 19 heavy (non-hydrogen) atoms. The van der Waals surface area contributed by atoms with Gasteiger partial charge in [-0.25, -0.2) is 0 Å². The van der Waals surface area contributed by atoms with Crippen molar-refractivity contribution in [2.45, 2.75) is 51.9 Å². The Morgan fingerprint density at radius 1 is 1.37 bits per heavy atom. The number of hydrogen-bond acceptors (Lipinski definition) is 4. The molecular weight excluding hydrogens is 240 g/mol. The van der Waals surface area contributed by atoms with Crippen LogP contribution in [0.3, 0.4) is 0 Å². The average Bonchev–Trinajstić information content (AvgIpc) is 2.41. The molecule has 4 heteroatoms. The van der Waals surface area contributed by atoms with Gasteiger partial charge in [0.2, 0.25) is 0 Å². The Hall–Kier alpha value is -1.13. The first-order valence-electron chi connectivity index (χ1n) is 7.11. The third-order valence-corrected chi connectivity index (χ3v) is 3.66. The number of hydrogen-bond donors (Lipinski definition) is 1. The van der Waals surface area contributed by atoms with Crippen LogP contribution in [0.5, 0.6) is 5.75 Å². The zero-order valence-corrected chi connectivity index (χ0v) is 12.3. The number of nitrogens with one attached hydrogen (secondary N) is 1. The minimum absolute atomic E-state index is 0.132. The third kappa shape index (κ3) is 3.07. The van der Waals surface area contributed by atoms with E-state index in [0.717, 1.165) is 36.6 Å².